The zero-order valence-electron chi connectivity index (χ0n) is 11.9. The van der Waals surface area contributed by atoms with Gasteiger partial charge in [-0.2, -0.15) is 0 Å². The smallest absolute Gasteiger partial charge is 0.243 e. The molecule has 1 aromatic carbocycles. The molecule has 0 spiro atoms. The van der Waals surface area contributed by atoms with Crippen molar-refractivity contribution in [1.82, 2.24) is 4.72 Å². The summed E-state index contributed by atoms with van der Waals surface area (Å²) in [4.78, 5) is -0.00727. The van der Waals surface area contributed by atoms with E-state index in [-0.39, 0.29) is 22.5 Å². The third kappa shape index (κ3) is 4.63. The summed E-state index contributed by atoms with van der Waals surface area (Å²) in [5.74, 6) is 0.0942. The molecule has 0 saturated carbocycles. The minimum Gasteiger partial charge on any atom is -0.398 e. The number of nitrogen functional groups attached to an aromatic ring is 1. The number of ether oxygens (including phenoxy) is 1. The molecular weight excluding hydrogens is 300 g/mol. The van der Waals surface area contributed by atoms with Crippen molar-refractivity contribution in [2.24, 2.45) is 5.92 Å². The van der Waals surface area contributed by atoms with Crippen molar-refractivity contribution in [3.8, 4) is 0 Å². The van der Waals surface area contributed by atoms with Gasteiger partial charge in [-0.15, -0.1) is 0 Å². The van der Waals surface area contributed by atoms with Crippen LogP contribution in [0.3, 0.4) is 0 Å². The predicted molar refractivity (Wildman–Crippen MR) is 81.3 cm³/mol. The van der Waals surface area contributed by atoms with E-state index in [0.29, 0.717) is 18.2 Å². The first-order valence-corrected chi connectivity index (χ1v) is 8.29. The first-order valence-electron chi connectivity index (χ1n) is 6.43. The lowest BCUT2D eigenvalue weighted by Gasteiger charge is -2.22. The Labute approximate surface area is 125 Å². The Bertz CT molecular complexity index is 547. The van der Waals surface area contributed by atoms with Crippen molar-refractivity contribution in [3.05, 3.63) is 23.2 Å². The number of nitrogens with one attached hydrogen (secondary N) is 1. The minimum atomic E-state index is -3.73. The van der Waals surface area contributed by atoms with Gasteiger partial charge >= 0.3 is 0 Å². The first-order chi connectivity index (χ1) is 9.27. The van der Waals surface area contributed by atoms with Crippen molar-refractivity contribution in [3.63, 3.8) is 0 Å². The van der Waals surface area contributed by atoms with Gasteiger partial charge in [-0.05, 0) is 31.0 Å². The number of anilines is 1. The van der Waals surface area contributed by atoms with Crippen LogP contribution < -0.4 is 10.5 Å². The van der Waals surface area contributed by atoms with E-state index in [4.69, 9.17) is 22.1 Å². The molecule has 1 unspecified atom stereocenters. The van der Waals surface area contributed by atoms with E-state index in [1.807, 2.05) is 20.8 Å². The molecule has 1 aromatic rings. The second kappa shape index (κ2) is 7.26. The van der Waals surface area contributed by atoms with E-state index < -0.39 is 10.0 Å². The van der Waals surface area contributed by atoms with Gasteiger partial charge in [-0.1, -0.05) is 25.4 Å². The number of hydrogen-bond donors (Lipinski definition) is 2. The lowest BCUT2D eigenvalue weighted by molar-refractivity contribution is 0.116. The van der Waals surface area contributed by atoms with Gasteiger partial charge in [0.1, 0.15) is 4.90 Å². The monoisotopic (exact) mass is 320 g/mol. The summed E-state index contributed by atoms with van der Waals surface area (Å²) in [6, 6.07) is 4.05. The van der Waals surface area contributed by atoms with Gasteiger partial charge < -0.3 is 10.5 Å². The van der Waals surface area contributed by atoms with Gasteiger partial charge in [0, 0.05) is 17.7 Å². The summed E-state index contributed by atoms with van der Waals surface area (Å²) in [6.45, 7) is 6.56. The van der Waals surface area contributed by atoms with E-state index >= 15 is 0 Å². The maximum atomic E-state index is 12.4. The number of sulfonamides is 1. The number of benzene rings is 1. The fraction of sp³-hybridized carbons (Fsp3) is 0.538. The highest BCUT2D eigenvalue weighted by atomic mass is 35.5. The van der Waals surface area contributed by atoms with Crippen molar-refractivity contribution in [2.75, 3.05) is 18.9 Å². The molecule has 7 heteroatoms. The largest absolute Gasteiger partial charge is 0.398 e. The Hall–Kier alpha value is -0.820. The van der Waals surface area contributed by atoms with Gasteiger partial charge in [0.15, 0.2) is 0 Å². The number of nitrogens with two attached hydrogens (primary N) is 1. The third-order valence-corrected chi connectivity index (χ3v) is 4.66. The molecular formula is C13H21ClN2O3S. The molecule has 1 atom stereocenters. The Balaban J connectivity index is 3.00. The van der Waals surface area contributed by atoms with Crippen LogP contribution in [-0.2, 0) is 14.8 Å². The lowest BCUT2D eigenvalue weighted by Crippen LogP contribution is -2.42. The number of hydrogen-bond acceptors (Lipinski definition) is 4. The quantitative estimate of drug-likeness (QED) is 0.755. The van der Waals surface area contributed by atoms with Gasteiger partial charge in [0.25, 0.3) is 0 Å². The van der Waals surface area contributed by atoms with Crippen LogP contribution in [0.2, 0.25) is 5.02 Å². The van der Waals surface area contributed by atoms with Crippen LogP contribution in [0.4, 0.5) is 5.69 Å². The Morgan fingerprint density at radius 3 is 2.60 bits per heavy atom. The van der Waals surface area contributed by atoms with Crippen molar-refractivity contribution < 1.29 is 13.2 Å². The van der Waals surface area contributed by atoms with Crippen LogP contribution >= 0.6 is 11.6 Å². The molecule has 5 nitrogen and oxygen atoms in total. The van der Waals surface area contributed by atoms with Crippen LogP contribution in [0, 0.1) is 5.92 Å². The van der Waals surface area contributed by atoms with Gasteiger partial charge in [0.05, 0.1) is 12.3 Å². The fourth-order valence-corrected chi connectivity index (χ4v) is 3.37. The highest BCUT2D eigenvalue weighted by Crippen LogP contribution is 2.23. The highest BCUT2D eigenvalue weighted by molar-refractivity contribution is 7.89. The zero-order chi connectivity index (χ0) is 15.3. The molecule has 0 aromatic heterocycles. The molecule has 20 heavy (non-hydrogen) atoms. The van der Waals surface area contributed by atoms with Gasteiger partial charge in [0.2, 0.25) is 10.0 Å². The molecule has 0 aliphatic rings. The molecule has 3 N–H and O–H groups in total. The van der Waals surface area contributed by atoms with Crippen LogP contribution in [-0.4, -0.2) is 27.7 Å². The lowest BCUT2D eigenvalue weighted by atomic mass is 10.1. The SMILES string of the molecule is CCOCC(NS(=O)(=O)c1cc(Cl)ccc1N)C(C)C. The maximum Gasteiger partial charge on any atom is 0.243 e. The third-order valence-electron chi connectivity index (χ3n) is 2.88. The van der Waals surface area contributed by atoms with E-state index in [9.17, 15) is 8.42 Å². The molecule has 0 bridgehead atoms. The second-order valence-corrected chi connectivity index (χ2v) is 6.93. The molecule has 0 fully saturated rings. The second-order valence-electron chi connectivity index (χ2n) is 4.81. The van der Waals surface area contributed by atoms with E-state index in [0.717, 1.165) is 0 Å². The van der Waals surface area contributed by atoms with Crippen LogP contribution in [0.25, 0.3) is 0 Å². The summed E-state index contributed by atoms with van der Waals surface area (Å²) in [5.41, 5.74) is 5.89. The molecule has 0 aliphatic carbocycles. The normalized spacial score (nSPS) is 13.7. The van der Waals surface area contributed by atoms with E-state index in [2.05, 4.69) is 4.72 Å². The summed E-state index contributed by atoms with van der Waals surface area (Å²) >= 11 is 5.83. The molecule has 0 heterocycles. The van der Waals surface area contributed by atoms with Crippen molar-refractivity contribution in [2.45, 2.75) is 31.7 Å². The van der Waals surface area contributed by atoms with E-state index in [1.54, 1.807) is 6.07 Å². The molecule has 114 valence electrons. The van der Waals surface area contributed by atoms with Gasteiger partial charge in [-0.25, -0.2) is 13.1 Å². The predicted octanol–water partition coefficient (Wildman–Crippen LogP) is 2.26. The summed E-state index contributed by atoms with van der Waals surface area (Å²) < 4.78 is 32.7. The van der Waals surface area contributed by atoms with Gasteiger partial charge in [-0.3, -0.25) is 0 Å². The van der Waals surface area contributed by atoms with Crippen LogP contribution in [0.15, 0.2) is 23.1 Å². The van der Waals surface area contributed by atoms with E-state index in [1.165, 1.54) is 12.1 Å². The Morgan fingerprint density at radius 2 is 2.05 bits per heavy atom. The summed E-state index contributed by atoms with van der Waals surface area (Å²) in [5, 5.41) is 0.325. The molecule has 0 saturated heterocycles. The molecule has 1 rings (SSSR count). The average Bonchev–Trinajstić information content (AvgIpc) is 2.36. The standard InChI is InChI=1S/C13H21ClN2O3S/c1-4-19-8-12(9(2)3)16-20(17,18)13-7-10(14)5-6-11(13)15/h5-7,9,12,16H,4,8,15H2,1-3H3. The number of rotatable bonds is 7. The molecule has 0 radical (unpaired) electrons. The fourth-order valence-electron chi connectivity index (χ4n) is 1.61. The highest BCUT2D eigenvalue weighted by Gasteiger charge is 2.24. The van der Waals surface area contributed by atoms with Crippen LogP contribution in [0.1, 0.15) is 20.8 Å². The maximum absolute atomic E-state index is 12.4. The molecule has 0 amide bonds. The number of halogens is 1. The topological polar surface area (TPSA) is 81.4 Å². The van der Waals surface area contributed by atoms with Crippen molar-refractivity contribution in [1.29, 1.82) is 0 Å². The minimum absolute atomic E-state index is 0.00727. The summed E-state index contributed by atoms with van der Waals surface area (Å²) in [6.07, 6.45) is 0. The summed E-state index contributed by atoms with van der Waals surface area (Å²) in [7, 11) is -3.73. The van der Waals surface area contributed by atoms with Crippen molar-refractivity contribution >= 4 is 27.3 Å². The zero-order valence-corrected chi connectivity index (χ0v) is 13.5. The van der Waals surface area contributed by atoms with Crippen LogP contribution in [0.5, 0.6) is 0 Å². The Morgan fingerprint density at radius 1 is 1.40 bits per heavy atom. The average molecular weight is 321 g/mol. The Kier molecular flexibility index (Phi) is 6.26. The molecule has 0 aliphatic heterocycles. The first kappa shape index (κ1) is 17.2.